The summed E-state index contributed by atoms with van der Waals surface area (Å²) >= 11 is 12.0. The molecular weight excluding hydrogens is 403 g/mol. The second kappa shape index (κ2) is 8.33. The van der Waals surface area contributed by atoms with E-state index >= 15 is 0 Å². The monoisotopic (exact) mass is 418 g/mol. The van der Waals surface area contributed by atoms with E-state index in [-0.39, 0.29) is 18.0 Å². The number of benzene rings is 2. The van der Waals surface area contributed by atoms with Gasteiger partial charge in [0.25, 0.3) is 11.8 Å². The molecule has 28 heavy (non-hydrogen) atoms. The highest BCUT2D eigenvalue weighted by Gasteiger charge is 2.17. The number of nitrogens with one attached hydrogen (secondary N) is 1. The van der Waals surface area contributed by atoms with Gasteiger partial charge in [0, 0.05) is 17.6 Å². The number of aryl methyl sites for hydroxylation is 1. The first-order chi connectivity index (χ1) is 13.3. The standard InChI is InChI=1S/C19H16Cl2N4O3/c1-25-17(18(22)26)15(9-23-25)24-19(27)12-4-2-3-11(7-12)10-28-16-6-5-13(20)8-14(16)21/h2-9H,10H2,1H3,(H2,22,26)(H,24,27). The molecule has 3 rings (SSSR count). The summed E-state index contributed by atoms with van der Waals surface area (Å²) in [5.41, 5.74) is 6.84. The molecular formula is C19H16Cl2N4O3. The number of rotatable bonds is 6. The number of nitrogens with two attached hydrogens (primary N) is 1. The summed E-state index contributed by atoms with van der Waals surface area (Å²) in [6.07, 6.45) is 1.37. The zero-order valence-electron chi connectivity index (χ0n) is 14.8. The topological polar surface area (TPSA) is 99.2 Å². The van der Waals surface area contributed by atoms with Crippen LogP contribution in [0.1, 0.15) is 26.4 Å². The molecule has 1 heterocycles. The zero-order chi connectivity index (χ0) is 20.3. The van der Waals surface area contributed by atoms with Gasteiger partial charge in [-0.05, 0) is 35.9 Å². The second-order valence-electron chi connectivity index (χ2n) is 5.91. The van der Waals surface area contributed by atoms with Crippen LogP contribution in [0.3, 0.4) is 0 Å². The van der Waals surface area contributed by atoms with Crippen LogP contribution in [0.25, 0.3) is 0 Å². The Hall–Kier alpha value is -3.03. The highest BCUT2D eigenvalue weighted by molar-refractivity contribution is 6.35. The summed E-state index contributed by atoms with van der Waals surface area (Å²) in [4.78, 5) is 24.1. The molecule has 0 spiro atoms. The summed E-state index contributed by atoms with van der Waals surface area (Å²) in [7, 11) is 1.57. The summed E-state index contributed by atoms with van der Waals surface area (Å²) < 4.78 is 6.99. The third kappa shape index (κ3) is 4.44. The lowest BCUT2D eigenvalue weighted by molar-refractivity contribution is 0.0992. The molecule has 2 aromatic carbocycles. The van der Waals surface area contributed by atoms with Crippen molar-refractivity contribution in [2.75, 3.05) is 5.32 Å². The van der Waals surface area contributed by atoms with Gasteiger partial charge >= 0.3 is 0 Å². The molecule has 3 N–H and O–H groups in total. The van der Waals surface area contributed by atoms with Gasteiger partial charge in [-0.1, -0.05) is 35.3 Å². The maximum absolute atomic E-state index is 12.5. The van der Waals surface area contributed by atoms with E-state index in [0.717, 1.165) is 5.56 Å². The minimum Gasteiger partial charge on any atom is -0.487 e. The predicted molar refractivity (Wildman–Crippen MR) is 107 cm³/mol. The summed E-state index contributed by atoms with van der Waals surface area (Å²) in [5.74, 6) is -0.596. The molecule has 2 amide bonds. The fourth-order valence-corrected chi connectivity index (χ4v) is 3.03. The molecule has 0 saturated heterocycles. The van der Waals surface area contributed by atoms with Crippen LogP contribution in [0, 0.1) is 0 Å². The third-order valence-electron chi connectivity index (χ3n) is 3.90. The van der Waals surface area contributed by atoms with Crippen molar-refractivity contribution in [3.8, 4) is 5.75 Å². The maximum Gasteiger partial charge on any atom is 0.269 e. The van der Waals surface area contributed by atoms with Gasteiger partial charge in [-0.3, -0.25) is 14.3 Å². The van der Waals surface area contributed by atoms with Crippen molar-refractivity contribution in [2.24, 2.45) is 12.8 Å². The van der Waals surface area contributed by atoms with Crippen LogP contribution in [-0.4, -0.2) is 21.6 Å². The van der Waals surface area contributed by atoms with E-state index in [4.69, 9.17) is 33.7 Å². The number of anilines is 1. The molecule has 0 unspecified atom stereocenters. The molecule has 0 saturated carbocycles. The Kier molecular flexibility index (Phi) is 5.87. The fourth-order valence-electron chi connectivity index (χ4n) is 2.57. The zero-order valence-corrected chi connectivity index (χ0v) is 16.3. The molecule has 0 atom stereocenters. The van der Waals surface area contributed by atoms with Crippen molar-refractivity contribution in [1.82, 2.24) is 9.78 Å². The maximum atomic E-state index is 12.5. The van der Waals surface area contributed by atoms with E-state index < -0.39 is 11.8 Å². The van der Waals surface area contributed by atoms with Crippen molar-refractivity contribution < 1.29 is 14.3 Å². The van der Waals surface area contributed by atoms with Gasteiger partial charge in [0.2, 0.25) is 0 Å². The summed E-state index contributed by atoms with van der Waals surface area (Å²) in [5, 5.41) is 7.50. The van der Waals surface area contributed by atoms with Gasteiger partial charge in [-0.25, -0.2) is 0 Å². The number of nitrogens with zero attached hydrogens (tertiary/aromatic N) is 2. The van der Waals surface area contributed by atoms with Crippen LogP contribution >= 0.6 is 23.2 Å². The van der Waals surface area contributed by atoms with Crippen molar-refractivity contribution in [1.29, 1.82) is 0 Å². The summed E-state index contributed by atoms with van der Waals surface area (Å²) in [6, 6.07) is 11.8. The number of amides is 2. The van der Waals surface area contributed by atoms with Gasteiger partial charge in [0.1, 0.15) is 18.1 Å². The molecule has 9 heteroatoms. The first kappa shape index (κ1) is 19.7. The molecule has 0 aliphatic carbocycles. The number of hydrogen-bond acceptors (Lipinski definition) is 4. The number of carbonyl (C=O) groups is 2. The smallest absolute Gasteiger partial charge is 0.269 e. The lowest BCUT2D eigenvalue weighted by atomic mass is 10.1. The van der Waals surface area contributed by atoms with Gasteiger partial charge in [0.05, 0.1) is 16.9 Å². The average molecular weight is 419 g/mol. The quantitative estimate of drug-likeness (QED) is 0.637. The molecule has 0 radical (unpaired) electrons. The Morgan fingerprint density at radius 1 is 1.21 bits per heavy atom. The van der Waals surface area contributed by atoms with Crippen molar-refractivity contribution in [3.05, 3.63) is 75.5 Å². The molecule has 144 valence electrons. The predicted octanol–water partition coefficient (Wildman–Crippen LogP) is 3.66. The van der Waals surface area contributed by atoms with E-state index in [1.165, 1.54) is 10.9 Å². The molecule has 0 fully saturated rings. The molecule has 0 bridgehead atoms. The van der Waals surface area contributed by atoms with Crippen LogP contribution in [0.15, 0.2) is 48.7 Å². The van der Waals surface area contributed by atoms with E-state index in [2.05, 4.69) is 10.4 Å². The normalized spacial score (nSPS) is 10.5. The van der Waals surface area contributed by atoms with Crippen molar-refractivity contribution in [2.45, 2.75) is 6.61 Å². The Morgan fingerprint density at radius 2 is 2.00 bits per heavy atom. The second-order valence-corrected chi connectivity index (χ2v) is 6.76. The Morgan fingerprint density at radius 3 is 2.71 bits per heavy atom. The molecule has 3 aromatic rings. The van der Waals surface area contributed by atoms with E-state index in [1.54, 1.807) is 43.4 Å². The number of halogens is 2. The largest absolute Gasteiger partial charge is 0.487 e. The van der Waals surface area contributed by atoms with Crippen LogP contribution in [-0.2, 0) is 13.7 Å². The number of aromatic nitrogens is 2. The first-order valence-corrected chi connectivity index (χ1v) is 8.90. The highest BCUT2D eigenvalue weighted by Crippen LogP contribution is 2.28. The lowest BCUT2D eigenvalue weighted by Gasteiger charge is -2.10. The van der Waals surface area contributed by atoms with Crippen LogP contribution in [0.5, 0.6) is 5.75 Å². The SMILES string of the molecule is Cn1ncc(NC(=O)c2cccc(COc3ccc(Cl)cc3Cl)c2)c1C(N)=O. The molecule has 7 nitrogen and oxygen atoms in total. The van der Waals surface area contributed by atoms with E-state index in [1.807, 2.05) is 6.07 Å². The Bertz CT molecular complexity index is 1050. The van der Waals surface area contributed by atoms with E-state index in [9.17, 15) is 9.59 Å². The summed E-state index contributed by atoms with van der Waals surface area (Å²) in [6.45, 7) is 0.210. The highest BCUT2D eigenvalue weighted by atomic mass is 35.5. The average Bonchev–Trinajstić information content (AvgIpc) is 3.01. The van der Waals surface area contributed by atoms with Gasteiger partial charge in [0.15, 0.2) is 0 Å². The van der Waals surface area contributed by atoms with Crippen molar-refractivity contribution >= 4 is 40.7 Å². The number of carbonyl (C=O) groups excluding carboxylic acids is 2. The molecule has 0 aliphatic heterocycles. The Balaban J connectivity index is 1.72. The molecule has 1 aromatic heterocycles. The fraction of sp³-hybridized carbons (Fsp3) is 0.105. The third-order valence-corrected chi connectivity index (χ3v) is 4.43. The van der Waals surface area contributed by atoms with Crippen molar-refractivity contribution in [3.63, 3.8) is 0 Å². The van der Waals surface area contributed by atoms with Gasteiger partial charge in [-0.15, -0.1) is 0 Å². The number of ether oxygens (including phenoxy) is 1. The van der Waals surface area contributed by atoms with E-state index in [0.29, 0.717) is 21.4 Å². The Labute approximate surface area is 171 Å². The van der Waals surface area contributed by atoms with Crippen LogP contribution in [0.4, 0.5) is 5.69 Å². The minimum absolute atomic E-state index is 0.116. The number of primary amides is 1. The minimum atomic E-state index is -0.683. The lowest BCUT2D eigenvalue weighted by Crippen LogP contribution is -2.20. The van der Waals surface area contributed by atoms with Crippen LogP contribution in [0.2, 0.25) is 10.0 Å². The van der Waals surface area contributed by atoms with Crippen LogP contribution < -0.4 is 15.8 Å². The van der Waals surface area contributed by atoms with Gasteiger partial charge in [-0.2, -0.15) is 5.10 Å². The van der Waals surface area contributed by atoms with Gasteiger partial charge < -0.3 is 15.8 Å². The first-order valence-electron chi connectivity index (χ1n) is 8.15. The number of hydrogen-bond donors (Lipinski definition) is 2. The molecule has 0 aliphatic rings.